The maximum Gasteiger partial charge on any atom is 0.183 e. The molecule has 4 nitrogen and oxygen atoms in total. The van der Waals surface area contributed by atoms with Gasteiger partial charge in [0.05, 0.1) is 18.8 Å². The smallest absolute Gasteiger partial charge is 0.183 e. The van der Waals surface area contributed by atoms with Gasteiger partial charge in [0.15, 0.2) is 5.78 Å². The number of hydrogen-bond acceptors (Lipinski definition) is 4. The number of carbonyl (C=O) groups excluding carboxylic acids is 1. The summed E-state index contributed by atoms with van der Waals surface area (Å²) in [5.74, 6) is 0.234. The number of nitrogens with zero attached hydrogens (tertiary/aromatic N) is 1. The van der Waals surface area contributed by atoms with E-state index in [0.29, 0.717) is 13.2 Å². The summed E-state index contributed by atoms with van der Waals surface area (Å²) in [6.45, 7) is 7.38. The minimum atomic E-state index is -0.451. The molecule has 1 aliphatic heterocycles. The fraction of sp³-hybridized carbons (Fsp3) is 0.458. The molecule has 0 N–H and O–H groups in total. The van der Waals surface area contributed by atoms with Crippen molar-refractivity contribution in [2.24, 2.45) is 0 Å². The standard InChI is InChI=1S/C24H29NO3/c1-3-5-12-24(4-2,25-13-15-27-16-14-25)23(26)18-10-11-22-20(17-18)19-8-6-7-9-21(19)28-22/h6-11,17H,3-5,12-16H2,1-2H3. The van der Waals surface area contributed by atoms with Crippen LogP contribution in [0.4, 0.5) is 0 Å². The third-order valence-electron chi connectivity index (χ3n) is 6.21. The van der Waals surface area contributed by atoms with Crippen molar-refractivity contribution in [1.29, 1.82) is 0 Å². The number of carbonyl (C=O) groups is 1. The summed E-state index contributed by atoms with van der Waals surface area (Å²) in [6, 6.07) is 13.9. The first kappa shape index (κ1) is 19.2. The Kier molecular flexibility index (Phi) is 5.51. The number of rotatable bonds is 7. The van der Waals surface area contributed by atoms with Crippen molar-refractivity contribution >= 4 is 27.7 Å². The second-order valence-electron chi connectivity index (χ2n) is 7.73. The van der Waals surface area contributed by atoms with Gasteiger partial charge >= 0.3 is 0 Å². The van der Waals surface area contributed by atoms with E-state index in [1.165, 1.54) is 0 Å². The molecule has 1 saturated heterocycles. The Morgan fingerprint density at radius 1 is 1.04 bits per heavy atom. The van der Waals surface area contributed by atoms with Crippen molar-refractivity contribution in [1.82, 2.24) is 4.90 Å². The molecule has 28 heavy (non-hydrogen) atoms. The Morgan fingerprint density at radius 3 is 2.54 bits per heavy atom. The number of ether oxygens (including phenoxy) is 1. The number of furan rings is 1. The van der Waals surface area contributed by atoms with E-state index < -0.39 is 5.54 Å². The van der Waals surface area contributed by atoms with Crippen LogP contribution in [0.15, 0.2) is 46.9 Å². The van der Waals surface area contributed by atoms with Crippen LogP contribution in [0.1, 0.15) is 49.9 Å². The summed E-state index contributed by atoms with van der Waals surface area (Å²) >= 11 is 0. The van der Waals surface area contributed by atoms with Gasteiger partial charge in [0, 0.05) is 29.4 Å². The molecule has 1 aromatic heterocycles. The van der Waals surface area contributed by atoms with E-state index in [2.05, 4.69) is 24.8 Å². The molecule has 0 bridgehead atoms. The van der Waals surface area contributed by atoms with E-state index in [4.69, 9.17) is 9.15 Å². The maximum atomic E-state index is 13.9. The zero-order chi connectivity index (χ0) is 19.6. The molecule has 2 heterocycles. The van der Waals surface area contributed by atoms with Crippen LogP contribution in [0.3, 0.4) is 0 Å². The number of para-hydroxylation sites is 1. The van der Waals surface area contributed by atoms with Gasteiger partial charge in [-0.3, -0.25) is 9.69 Å². The molecule has 1 unspecified atom stereocenters. The van der Waals surface area contributed by atoms with Crippen molar-refractivity contribution in [3.05, 3.63) is 48.0 Å². The van der Waals surface area contributed by atoms with Crippen LogP contribution in [0, 0.1) is 0 Å². The van der Waals surface area contributed by atoms with Gasteiger partial charge in [0.2, 0.25) is 0 Å². The highest BCUT2D eigenvalue weighted by atomic mass is 16.5. The zero-order valence-corrected chi connectivity index (χ0v) is 16.9. The van der Waals surface area contributed by atoms with Gasteiger partial charge in [-0.2, -0.15) is 0 Å². The molecule has 4 heteroatoms. The minimum Gasteiger partial charge on any atom is -0.456 e. The van der Waals surface area contributed by atoms with Gasteiger partial charge in [-0.25, -0.2) is 0 Å². The Balaban J connectivity index is 1.77. The first-order valence-electron chi connectivity index (χ1n) is 10.5. The van der Waals surface area contributed by atoms with Crippen LogP contribution in [-0.2, 0) is 4.74 Å². The molecule has 0 spiro atoms. The highest BCUT2D eigenvalue weighted by Gasteiger charge is 2.42. The third kappa shape index (κ3) is 3.25. The Labute approximate surface area is 166 Å². The summed E-state index contributed by atoms with van der Waals surface area (Å²) in [4.78, 5) is 16.3. The molecule has 1 aliphatic rings. The number of unbranched alkanes of at least 4 members (excludes halogenated alkanes) is 1. The van der Waals surface area contributed by atoms with Gasteiger partial charge in [0.1, 0.15) is 11.2 Å². The monoisotopic (exact) mass is 379 g/mol. The third-order valence-corrected chi connectivity index (χ3v) is 6.21. The average molecular weight is 380 g/mol. The lowest BCUT2D eigenvalue weighted by Crippen LogP contribution is -2.58. The van der Waals surface area contributed by atoms with Gasteiger partial charge in [-0.15, -0.1) is 0 Å². The fourth-order valence-corrected chi connectivity index (χ4v) is 4.57. The topological polar surface area (TPSA) is 42.7 Å². The lowest BCUT2D eigenvalue weighted by molar-refractivity contribution is -0.0195. The van der Waals surface area contributed by atoms with Gasteiger partial charge in [-0.1, -0.05) is 44.9 Å². The lowest BCUT2D eigenvalue weighted by Gasteiger charge is -2.44. The van der Waals surface area contributed by atoms with Crippen LogP contribution >= 0.6 is 0 Å². The molecule has 0 amide bonds. The largest absolute Gasteiger partial charge is 0.456 e. The summed E-state index contributed by atoms with van der Waals surface area (Å²) < 4.78 is 11.5. The van der Waals surface area contributed by atoms with Crippen molar-refractivity contribution in [2.75, 3.05) is 26.3 Å². The molecule has 4 rings (SSSR count). The zero-order valence-electron chi connectivity index (χ0n) is 16.9. The molecule has 3 aromatic rings. The first-order valence-corrected chi connectivity index (χ1v) is 10.5. The summed E-state index contributed by atoms with van der Waals surface area (Å²) in [5, 5.41) is 2.08. The van der Waals surface area contributed by atoms with Crippen molar-refractivity contribution < 1.29 is 13.9 Å². The van der Waals surface area contributed by atoms with Gasteiger partial charge in [0.25, 0.3) is 0 Å². The number of hydrogen-bond donors (Lipinski definition) is 0. The number of ketones is 1. The summed E-state index contributed by atoms with van der Waals surface area (Å²) in [6.07, 6.45) is 3.84. The van der Waals surface area contributed by atoms with Crippen LogP contribution in [-0.4, -0.2) is 42.5 Å². The van der Waals surface area contributed by atoms with Crippen LogP contribution in [0.2, 0.25) is 0 Å². The molecular weight excluding hydrogens is 350 g/mol. The van der Waals surface area contributed by atoms with Crippen LogP contribution in [0.5, 0.6) is 0 Å². The fourth-order valence-electron chi connectivity index (χ4n) is 4.57. The van der Waals surface area contributed by atoms with E-state index in [0.717, 1.165) is 66.3 Å². The Hall–Kier alpha value is -2.17. The lowest BCUT2D eigenvalue weighted by atomic mass is 9.80. The van der Waals surface area contributed by atoms with Crippen LogP contribution in [0.25, 0.3) is 21.9 Å². The second-order valence-corrected chi connectivity index (χ2v) is 7.73. The van der Waals surface area contributed by atoms with E-state index >= 15 is 0 Å². The highest BCUT2D eigenvalue weighted by Crippen LogP contribution is 2.34. The molecule has 0 radical (unpaired) electrons. The van der Waals surface area contributed by atoms with Crippen LogP contribution < -0.4 is 0 Å². The molecule has 2 aromatic carbocycles. The van der Waals surface area contributed by atoms with Crippen molar-refractivity contribution in [3.63, 3.8) is 0 Å². The van der Waals surface area contributed by atoms with Gasteiger partial charge in [-0.05, 0) is 37.1 Å². The summed E-state index contributed by atoms with van der Waals surface area (Å²) in [5.41, 5.74) is 2.03. The Morgan fingerprint density at radius 2 is 1.79 bits per heavy atom. The molecule has 1 fully saturated rings. The highest BCUT2D eigenvalue weighted by molar-refractivity contribution is 6.10. The second kappa shape index (κ2) is 8.06. The minimum absolute atomic E-state index is 0.234. The van der Waals surface area contributed by atoms with E-state index in [1.54, 1.807) is 0 Å². The van der Waals surface area contributed by atoms with Gasteiger partial charge < -0.3 is 9.15 Å². The molecule has 148 valence electrons. The average Bonchev–Trinajstić information content (AvgIpc) is 3.13. The van der Waals surface area contributed by atoms with Crippen molar-refractivity contribution in [2.45, 2.75) is 45.1 Å². The first-order chi connectivity index (χ1) is 13.7. The van der Waals surface area contributed by atoms with E-state index in [9.17, 15) is 4.79 Å². The number of benzene rings is 2. The molecule has 1 atom stereocenters. The summed E-state index contributed by atoms with van der Waals surface area (Å²) in [7, 11) is 0. The Bertz CT molecular complexity index is 970. The van der Waals surface area contributed by atoms with E-state index in [1.807, 2.05) is 36.4 Å². The van der Waals surface area contributed by atoms with E-state index in [-0.39, 0.29) is 5.78 Å². The SMILES string of the molecule is CCCCC(CC)(C(=O)c1ccc2oc3ccccc3c2c1)N1CCOCC1. The van der Waals surface area contributed by atoms with Crippen molar-refractivity contribution in [3.8, 4) is 0 Å². The predicted octanol–water partition coefficient (Wildman–Crippen LogP) is 5.44. The molecule has 0 saturated carbocycles. The number of Topliss-reactive ketones (excluding diaryl/α,β-unsaturated/α-hetero) is 1. The molecule has 0 aliphatic carbocycles. The number of morpholine rings is 1. The number of fused-ring (bicyclic) bond motifs is 3. The predicted molar refractivity (Wildman–Crippen MR) is 113 cm³/mol. The quantitative estimate of drug-likeness (QED) is 0.513. The molecular formula is C24H29NO3. The normalized spacial score (nSPS) is 17.8. The maximum absolute atomic E-state index is 13.9.